The van der Waals surface area contributed by atoms with Gasteiger partial charge in [-0.1, -0.05) is 38.1 Å². The van der Waals surface area contributed by atoms with Crippen molar-refractivity contribution in [2.75, 3.05) is 19.5 Å². The molecule has 2 aromatic carbocycles. The smallest absolute Gasteiger partial charge is 0.261 e. The van der Waals surface area contributed by atoms with E-state index in [2.05, 4.69) is 34.1 Å². The molecule has 3 heterocycles. The molecule has 9 nitrogen and oxygen atoms in total. The molecule has 0 saturated heterocycles. The molecule has 0 fully saturated rings. The second-order valence-corrected chi connectivity index (χ2v) is 10.2. The number of aromatic nitrogens is 3. The van der Waals surface area contributed by atoms with E-state index >= 15 is 4.39 Å². The molecule has 2 N–H and O–H groups in total. The van der Waals surface area contributed by atoms with Crippen LogP contribution in [0.4, 0.5) is 10.1 Å². The number of methoxy groups -OCH3 is 2. The van der Waals surface area contributed by atoms with Crippen LogP contribution in [0.1, 0.15) is 47.1 Å². The predicted octanol–water partition coefficient (Wildman–Crippen LogP) is 7.34. The van der Waals surface area contributed by atoms with Gasteiger partial charge in [-0.25, -0.2) is 9.37 Å². The minimum absolute atomic E-state index is 0.00739. The Morgan fingerprint density at radius 2 is 1.65 bits per heavy atom. The van der Waals surface area contributed by atoms with Gasteiger partial charge in [0.05, 0.1) is 25.4 Å². The summed E-state index contributed by atoms with van der Waals surface area (Å²) in [7, 11) is 2.95. The number of amides is 1. The zero-order chi connectivity index (χ0) is 30.8. The maximum absolute atomic E-state index is 15.2. The highest BCUT2D eigenvalue weighted by Crippen LogP contribution is 2.38. The lowest BCUT2D eigenvalue weighted by Gasteiger charge is -2.16. The Bertz CT molecular complexity index is 1840. The Hall–Kier alpha value is -5.25. The first-order chi connectivity index (χ1) is 20.6. The maximum atomic E-state index is 15.2. The second kappa shape index (κ2) is 11.9. The molecule has 3 aromatic heterocycles. The molecule has 0 aliphatic rings. The molecule has 0 saturated carbocycles. The Morgan fingerprint density at radius 3 is 2.30 bits per heavy atom. The molecule has 0 aliphatic carbocycles. The zero-order valence-electron chi connectivity index (χ0n) is 24.7. The van der Waals surface area contributed by atoms with Crippen LogP contribution < -0.4 is 19.5 Å². The van der Waals surface area contributed by atoms with Crippen molar-refractivity contribution in [1.82, 2.24) is 15.0 Å². The third-order valence-corrected chi connectivity index (χ3v) is 7.06. The van der Waals surface area contributed by atoms with Gasteiger partial charge in [0.2, 0.25) is 0 Å². The summed E-state index contributed by atoms with van der Waals surface area (Å²) in [6, 6.07) is 15.0. The van der Waals surface area contributed by atoms with Crippen LogP contribution in [0.25, 0.3) is 22.2 Å². The van der Waals surface area contributed by atoms with Gasteiger partial charge in [-0.05, 0) is 43.0 Å². The molecule has 0 radical (unpaired) electrons. The van der Waals surface area contributed by atoms with Crippen LogP contribution in [0, 0.1) is 19.7 Å². The molecular weight excluding hydrogens is 551 g/mol. The van der Waals surface area contributed by atoms with Crippen LogP contribution in [0.5, 0.6) is 28.9 Å². The third-order valence-electron chi connectivity index (χ3n) is 7.06. The highest BCUT2D eigenvalue weighted by atomic mass is 19.1. The molecule has 0 bridgehead atoms. The van der Waals surface area contributed by atoms with Crippen molar-refractivity contribution >= 4 is 22.6 Å². The van der Waals surface area contributed by atoms with E-state index < -0.39 is 11.7 Å². The van der Waals surface area contributed by atoms with Crippen molar-refractivity contribution in [2.24, 2.45) is 0 Å². The summed E-state index contributed by atoms with van der Waals surface area (Å²) in [6.07, 6.45) is 1.51. The van der Waals surface area contributed by atoms with Crippen molar-refractivity contribution in [1.29, 1.82) is 0 Å². The molecule has 10 heteroatoms. The van der Waals surface area contributed by atoms with Crippen LogP contribution in [-0.4, -0.2) is 40.2 Å². The monoisotopic (exact) mass is 582 g/mol. The summed E-state index contributed by atoms with van der Waals surface area (Å²) in [5, 5.41) is 13.9. The molecular formula is C33H31FN4O5. The minimum atomic E-state index is -0.725. The number of pyridine rings is 3. The number of fused-ring (bicyclic) bond motifs is 1. The van der Waals surface area contributed by atoms with E-state index in [9.17, 15) is 9.90 Å². The highest BCUT2D eigenvalue weighted by Gasteiger charge is 2.23. The first-order valence-electron chi connectivity index (χ1n) is 13.6. The van der Waals surface area contributed by atoms with Crippen molar-refractivity contribution in [3.05, 3.63) is 89.1 Å². The largest absolute Gasteiger partial charge is 0.506 e. The lowest BCUT2D eigenvalue weighted by molar-refractivity contribution is 0.102. The summed E-state index contributed by atoms with van der Waals surface area (Å²) in [5.74, 6) is -0.403. The van der Waals surface area contributed by atoms with E-state index in [1.54, 1.807) is 26.0 Å². The Kier molecular flexibility index (Phi) is 8.11. The number of carbonyl (C=O) groups is 1. The minimum Gasteiger partial charge on any atom is -0.506 e. The van der Waals surface area contributed by atoms with Gasteiger partial charge in [0.25, 0.3) is 11.8 Å². The number of nitrogens with zero attached hydrogens (tertiary/aromatic N) is 3. The van der Waals surface area contributed by atoms with Crippen LogP contribution in [0.15, 0.2) is 60.8 Å². The lowest BCUT2D eigenvalue weighted by atomic mass is 9.95. The Balaban J connectivity index is 1.41. The van der Waals surface area contributed by atoms with Crippen molar-refractivity contribution in [2.45, 2.75) is 33.6 Å². The molecule has 0 aliphatic heterocycles. The molecule has 0 unspecified atom stereocenters. The quantitative estimate of drug-likeness (QED) is 0.195. The van der Waals surface area contributed by atoms with Crippen molar-refractivity contribution in [3.8, 4) is 40.0 Å². The average Bonchev–Trinajstić information content (AvgIpc) is 2.98. The Morgan fingerprint density at radius 1 is 0.907 bits per heavy atom. The summed E-state index contributed by atoms with van der Waals surface area (Å²) in [6.45, 7) is 7.62. The number of benzene rings is 2. The molecule has 43 heavy (non-hydrogen) atoms. The van der Waals surface area contributed by atoms with E-state index in [0.717, 1.165) is 17.2 Å². The number of nitrogens with one attached hydrogen (secondary N) is 1. The molecule has 1 amide bonds. The molecule has 5 rings (SSSR count). The fourth-order valence-electron chi connectivity index (χ4n) is 4.84. The van der Waals surface area contributed by atoms with Crippen LogP contribution in [0.2, 0.25) is 0 Å². The summed E-state index contributed by atoms with van der Waals surface area (Å²) in [4.78, 5) is 26.5. The number of hydrogen-bond donors (Lipinski definition) is 2. The number of aryl methyl sites for hydroxylation is 2. The summed E-state index contributed by atoms with van der Waals surface area (Å²) in [5.41, 5.74) is 4.29. The molecule has 0 spiro atoms. The molecule has 5 aromatic rings. The van der Waals surface area contributed by atoms with Crippen LogP contribution >= 0.6 is 0 Å². The summed E-state index contributed by atoms with van der Waals surface area (Å²) < 4.78 is 31.6. The highest BCUT2D eigenvalue weighted by molar-refractivity contribution is 6.08. The van der Waals surface area contributed by atoms with Crippen molar-refractivity contribution < 1.29 is 28.5 Å². The number of hydrogen-bond acceptors (Lipinski definition) is 8. The number of halogens is 1. The third kappa shape index (κ3) is 5.76. The van der Waals surface area contributed by atoms with Gasteiger partial charge in [-0.3, -0.25) is 14.8 Å². The second-order valence-electron chi connectivity index (χ2n) is 10.2. The number of anilines is 1. The topological polar surface area (TPSA) is 116 Å². The first kappa shape index (κ1) is 29.2. The molecule has 0 atom stereocenters. The number of ether oxygens (including phenoxy) is 3. The first-order valence-corrected chi connectivity index (χ1v) is 13.6. The maximum Gasteiger partial charge on any atom is 0.261 e. The number of rotatable bonds is 8. The lowest BCUT2D eigenvalue weighted by Crippen LogP contribution is -2.15. The van der Waals surface area contributed by atoms with E-state index in [1.165, 1.54) is 32.5 Å². The molecule has 220 valence electrons. The average molecular weight is 583 g/mol. The number of carbonyl (C=O) groups excluding carboxylic acids is 1. The van der Waals surface area contributed by atoms with Gasteiger partial charge >= 0.3 is 0 Å². The van der Waals surface area contributed by atoms with E-state index in [-0.39, 0.29) is 34.4 Å². The Labute approximate surface area is 248 Å². The van der Waals surface area contributed by atoms with Crippen LogP contribution in [-0.2, 0) is 0 Å². The standard InChI is InChI=1S/C33H31FN4O5/c1-17(2)20-7-9-21(10-8-20)28-18(3)36-19(4)29(31(28)39)32(40)37-22-11-12-25(23(34)15-22)43-26-13-14-35-24-16-27(41-5)33(42-6)38-30(24)26/h7-17H,1-6H3,(H,36,39)(H,37,40). The normalized spacial score (nSPS) is 11.1. The van der Waals surface area contributed by atoms with E-state index in [0.29, 0.717) is 39.7 Å². The van der Waals surface area contributed by atoms with Gasteiger partial charge in [0, 0.05) is 41.3 Å². The van der Waals surface area contributed by atoms with Crippen molar-refractivity contribution in [3.63, 3.8) is 0 Å². The number of aromatic hydroxyl groups is 1. The van der Waals surface area contributed by atoms with E-state index in [4.69, 9.17) is 14.2 Å². The van der Waals surface area contributed by atoms with Gasteiger partial charge in [0.1, 0.15) is 16.8 Å². The van der Waals surface area contributed by atoms with Gasteiger partial charge in [-0.2, -0.15) is 0 Å². The fourth-order valence-corrected chi connectivity index (χ4v) is 4.84. The zero-order valence-corrected chi connectivity index (χ0v) is 24.7. The predicted molar refractivity (Wildman–Crippen MR) is 162 cm³/mol. The fraction of sp³-hybridized carbons (Fsp3) is 0.212. The van der Waals surface area contributed by atoms with Gasteiger partial charge in [-0.15, -0.1) is 0 Å². The van der Waals surface area contributed by atoms with Crippen LogP contribution in [0.3, 0.4) is 0 Å². The van der Waals surface area contributed by atoms with E-state index in [1.807, 2.05) is 24.3 Å². The summed E-state index contributed by atoms with van der Waals surface area (Å²) >= 11 is 0. The SMILES string of the molecule is COc1cc2nccc(Oc3ccc(NC(=O)c4c(C)nc(C)c(-c5ccc(C(C)C)cc5)c4O)cc3F)c2nc1OC. The van der Waals surface area contributed by atoms with Gasteiger partial charge in [0.15, 0.2) is 23.1 Å². The van der Waals surface area contributed by atoms with Gasteiger partial charge < -0.3 is 24.6 Å².